The van der Waals surface area contributed by atoms with Crippen LogP contribution in [0.3, 0.4) is 0 Å². The molecule has 1 fully saturated rings. The fourth-order valence-corrected chi connectivity index (χ4v) is 5.61. The molecule has 208 valence electrons. The highest BCUT2D eigenvalue weighted by molar-refractivity contribution is 5.95. The molecule has 41 heavy (non-hydrogen) atoms. The van der Waals surface area contributed by atoms with Crippen LogP contribution in [-0.4, -0.2) is 58.2 Å². The van der Waals surface area contributed by atoms with Crippen LogP contribution in [0.25, 0.3) is 39.1 Å². The molecular weight excluding hydrogens is 520 g/mol. The fraction of sp³-hybridized carbons (Fsp3) is 0.300. The number of aromatic nitrogens is 7. The standard InChI is InChI=1S/C30H30N8O3/c1-6-23(39)36-13-19(14-36)15-37-22-12-32-27(24-17(4)7-8-21-20(24)11-33-35-21)34-28(22)38(30(41)29(37)40)26-18(5)9-10-31-25(26)16(2)3/h6-12,16,19H,1,13-15H2,2-5H3,(H,33,35). The Morgan fingerprint density at radius 1 is 1.10 bits per heavy atom. The Balaban J connectivity index is 1.63. The normalized spacial score (nSPS) is 13.7. The minimum Gasteiger partial charge on any atom is -0.338 e. The molecule has 5 aromatic rings. The van der Waals surface area contributed by atoms with Gasteiger partial charge in [0.1, 0.15) is 5.52 Å². The largest absolute Gasteiger partial charge is 0.338 e. The van der Waals surface area contributed by atoms with Crippen molar-refractivity contribution < 1.29 is 4.79 Å². The third-order valence-corrected chi connectivity index (χ3v) is 7.75. The Morgan fingerprint density at radius 3 is 2.61 bits per heavy atom. The molecule has 5 heterocycles. The number of aryl methyl sites for hydroxylation is 2. The van der Waals surface area contributed by atoms with Gasteiger partial charge in [0.25, 0.3) is 0 Å². The number of amides is 1. The van der Waals surface area contributed by atoms with E-state index in [1.54, 1.807) is 23.5 Å². The lowest BCUT2D eigenvalue weighted by atomic mass is 10.00. The van der Waals surface area contributed by atoms with Gasteiger partial charge >= 0.3 is 11.1 Å². The molecule has 0 spiro atoms. The first-order valence-corrected chi connectivity index (χ1v) is 13.5. The highest BCUT2D eigenvalue weighted by atomic mass is 16.2. The number of carbonyl (C=O) groups is 1. The monoisotopic (exact) mass is 550 g/mol. The zero-order valence-electron chi connectivity index (χ0n) is 23.4. The number of hydrogen-bond acceptors (Lipinski definition) is 7. The van der Waals surface area contributed by atoms with Crippen molar-refractivity contribution in [2.45, 2.75) is 40.2 Å². The second-order valence-corrected chi connectivity index (χ2v) is 10.9. The summed E-state index contributed by atoms with van der Waals surface area (Å²) in [5.74, 6) is 0.252. The van der Waals surface area contributed by atoms with E-state index in [4.69, 9.17) is 9.97 Å². The summed E-state index contributed by atoms with van der Waals surface area (Å²) in [4.78, 5) is 55.6. The number of fused-ring (bicyclic) bond motifs is 2. The Hall–Kier alpha value is -4.93. The number of nitrogens with one attached hydrogen (secondary N) is 1. The number of nitrogens with zero attached hydrogens (tertiary/aromatic N) is 7. The van der Waals surface area contributed by atoms with E-state index in [0.717, 1.165) is 27.6 Å². The van der Waals surface area contributed by atoms with Crippen molar-refractivity contribution in [1.29, 1.82) is 0 Å². The Kier molecular flexibility index (Phi) is 6.36. The minimum atomic E-state index is -0.711. The van der Waals surface area contributed by atoms with Crippen LogP contribution in [0.1, 0.15) is 36.6 Å². The Bertz CT molecular complexity index is 1980. The topological polar surface area (TPSA) is 132 Å². The molecular formula is C30H30N8O3. The van der Waals surface area contributed by atoms with Crippen molar-refractivity contribution in [1.82, 2.24) is 39.2 Å². The van der Waals surface area contributed by atoms with Crippen molar-refractivity contribution in [2.75, 3.05) is 13.1 Å². The summed E-state index contributed by atoms with van der Waals surface area (Å²) < 4.78 is 2.85. The first-order chi connectivity index (χ1) is 19.7. The quantitative estimate of drug-likeness (QED) is 0.254. The molecule has 0 saturated carbocycles. The number of likely N-dealkylation sites (tertiary alicyclic amines) is 1. The molecule has 6 rings (SSSR count). The van der Waals surface area contributed by atoms with Gasteiger partial charge in [-0.2, -0.15) is 5.10 Å². The van der Waals surface area contributed by atoms with Gasteiger partial charge in [0, 0.05) is 42.7 Å². The first kappa shape index (κ1) is 26.3. The van der Waals surface area contributed by atoms with Gasteiger partial charge in [-0.05, 0) is 49.1 Å². The number of H-pyrrole nitrogens is 1. The summed E-state index contributed by atoms with van der Waals surface area (Å²) >= 11 is 0. The average Bonchev–Trinajstić information content (AvgIpc) is 3.41. The molecule has 1 N–H and O–H groups in total. The van der Waals surface area contributed by atoms with E-state index in [1.165, 1.54) is 15.2 Å². The maximum absolute atomic E-state index is 14.0. The van der Waals surface area contributed by atoms with Gasteiger partial charge in [0.2, 0.25) is 5.91 Å². The van der Waals surface area contributed by atoms with Crippen LogP contribution < -0.4 is 11.1 Å². The Morgan fingerprint density at radius 2 is 1.88 bits per heavy atom. The fourth-order valence-electron chi connectivity index (χ4n) is 5.61. The van der Waals surface area contributed by atoms with Crippen molar-refractivity contribution >= 4 is 28.0 Å². The summed E-state index contributed by atoms with van der Waals surface area (Å²) in [6, 6.07) is 5.73. The molecule has 1 aliphatic rings. The molecule has 11 nitrogen and oxygen atoms in total. The third-order valence-electron chi connectivity index (χ3n) is 7.75. The first-order valence-electron chi connectivity index (χ1n) is 13.5. The molecule has 11 heteroatoms. The molecule has 4 aromatic heterocycles. The summed E-state index contributed by atoms with van der Waals surface area (Å²) in [7, 11) is 0. The summed E-state index contributed by atoms with van der Waals surface area (Å²) in [6.45, 7) is 12.6. The smallest absolute Gasteiger partial charge is 0.322 e. The van der Waals surface area contributed by atoms with E-state index in [2.05, 4.69) is 21.8 Å². The average molecular weight is 551 g/mol. The van der Waals surface area contributed by atoms with Crippen LogP contribution in [0.2, 0.25) is 0 Å². The zero-order valence-corrected chi connectivity index (χ0v) is 23.4. The molecule has 0 unspecified atom stereocenters. The van der Waals surface area contributed by atoms with Gasteiger partial charge in [-0.3, -0.25) is 33.6 Å². The predicted octanol–water partition coefficient (Wildman–Crippen LogP) is 3.27. The van der Waals surface area contributed by atoms with Crippen LogP contribution >= 0.6 is 0 Å². The molecule has 1 amide bonds. The van der Waals surface area contributed by atoms with Crippen molar-refractivity contribution in [3.63, 3.8) is 0 Å². The Labute approximate surface area is 235 Å². The zero-order chi connectivity index (χ0) is 29.0. The number of hydrogen-bond donors (Lipinski definition) is 1. The summed E-state index contributed by atoms with van der Waals surface area (Å²) in [5, 5.41) is 8.03. The molecule has 0 bridgehead atoms. The van der Waals surface area contributed by atoms with E-state index >= 15 is 0 Å². The van der Waals surface area contributed by atoms with Crippen LogP contribution in [0, 0.1) is 19.8 Å². The molecule has 1 aromatic carbocycles. The number of pyridine rings is 1. The number of benzene rings is 1. The van der Waals surface area contributed by atoms with Crippen molar-refractivity contribution in [2.24, 2.45) is 5.92 Å². The van der Waals surface area contributed by atoms with Gasteiger partial charge < -0.3 is 4.90 Å². The minimum absolute atomic E-state index is 0.00278. The van der Waals surface area contributed by atoms with E-state index in [9.17, 15) is 14.4 Å². The maximum atomic E-state index is 14.0. The summed E-state index contributed by atoms with van der Waals surface area (Å²) in [5.41, 5.74) is 3.98. The number of carbonyl (C=O) groups excluding carboxylic acids is 1. The SMILES string of the molecule is C=CC(=O)N1CC(Cn2c(=O)c(=O)n(-c3c(C)ccnc3C(C)C)c3nc(-c4c(C)ccc5[nH]ncc45)ncc32)C1. The van der Waals surface area contributed by atoms with E-state index in [0.29, 0.717) is 41.5 Å². The third kappa shape index (κ3) is 4.24. The molecule has 1 saturated heterocycles. The molecule has 0 atom stereocenters. The van der Waals surface area contributed by atoms with Gasteiger partial charge in [-0.15, -0.1) is 0 Å². The lowest BCUT2D eigenvalue weighted by molar-refractivity contribution is -0.132. The lowest BCUT2D eigenvalue weighted by Crippen LogP contribution is -2.52. The van der Waals surface area contributed by atoms with Crippen molar-refractivity contribution in [3.05, 3.63) is 87.0 Å². The number of aromatic amines is 1. The molecule has 0 aliphatic carbocycles. The van der Waals surface area contributed by atoms with Gasteiger partial charge in [0.05, 0.1) is 29.3 Å². The van der Waals surface area contributed by atoms with Crippen LogP contribution in [0.5, 0.6) is 0 Å². The summed E-state index contributed by atoms with van der Waals surface area (Å²) in [6.07, 6.45) is 6.33. The van der Waals surface area contributed by atoms with Gasteiger partial charge in [-0.25, -0.2) is 9.97 Å². The van der Waals surface area contributed by atoms with Crippen LogP contribution in [-0.2, 0) is 11.3 Å². The van der Waals surface area contributed by atoms with E-state index < -0.39 is 11.1 Å². The van der Waals surface area contributed by atoms with Crippen LogP contribution in [0.4, 0.5) is 0 Å². The van der Waals surface area contributed by atoms with E-state index in [-0.39, 0.29) is 24.3 Å². The maximum Gasteiger partial charge on any atom is 0.322 e. The molecule has 0 radical (unpaired) electrons. The predicted molar refractivity (Wildman–Crippen MR) is 156 cm³/mol. The van der Waals surface area contributed by atoms with Crippen LogP contribution in [0.15, 0.2) is 59.0 Å². The highest BCUT2D eigenvalue weighted by Crippen LogP contribution is 2.31. The second kappa shape index (κ2) is 9.92. The van der Waals surface area contributed by atoms with Crippen molar-refractivity contribution in [3.8, 4) is 17.1 Å². The highest BCUT2D eigenvalue weighted by Gasteiger charge is 2.31. The van der Waals surface area contributed by atoms with E-state index in [1.807, 2.05) is 45.9 Å². The second-order valence-electron chi connectivity index (χ2n) is 10.9. The van der Waals surface area contributed by atoms with Gasteiger partial charge in [-0.1, -0.05) is 26.5 Å². The number of rotatable bonds is 6. The molecule has 1 aliphatic heterocycles. The van der Waals surface area contributed by atoms with Gasteiger partial charge in [0.15, 0.2) is 11.5 Å². The lowest BCUT2D eigenvalue weighted by Gasteiger charge is -2.39.